The first-order valence-electron chi connectivity index (χ1n) is 4.38. The average Bonchev–Trinajstić information content (AvgIpc) is 2.64. The molecular weight excluding hydrogens is 244 g/mol. The summed E-state index contributed by atoms with van der Waals surface area (Å²) in [7, 11) is 1.69. The largest absolute Gasteiger partial charge is 0.370 e. The molecule has 3 nitrogen and oxygen atoms in total. The van der Waals surface area contributed by atoms with Crippen molar-refractivity contribution in [3.8, 4) is 0 Å². The molecule has 0 aliphatic heterocycles. The molecule has 0 fully saturated rings. The summed E-state index contributed by atoms with van der Waals surface area (Å²) in [5.74, 6) is 0. The monoisotopic (exact) mass is 254 g/mol. The van der Waals surface area contributed by atoms with E-state index in [2.05, 4.69) is 33.2 Å². The Balaban J connectivity index is 2.25. The van der Waals surface area contributed by atoms with Crippen LogP contribution in [0.2, 0.25) is 0 Å². The standard InChI is InChI=1S/C10H11BrN2O/c1-14-9(11)6-8-2-3-10-12-4-5-13(10)7-8/h2-5,7,9H,6H2,1H3. The van der Waals surface area contributed by atoms with Crippen molar-refractivity contribution in [2.75, 3.05) is 7.11 Å². The second-order valence-electron chi connectivity index (χ2n) is 3.08. The molecule has 0 aliphatic carbocycles. The summed E-state index contributed by atoms with van der Waals surface area (Å²) in [4.78, 5) is 4.18. The van der Waals surface area contributed by atoms with Crippen LogP contribution in [-0.2, 0) is 11.2 Å². The van der Waals surface area contributed by atoms with Crippen LogP contribution in [0.15, 0.2) is 30.7 Å². The lowest BCUT2D eigenvalue weighted by molar-refractivity contribution is 0.179. The Morgan fingerprint density at radius 3 is 3.21 bits per heavy atom. The van der Waals surface area contributed by atoms with Crippen molar-refractivity contribution in [3.63, 3.8) is 0 Å². The maximum absolute atomic E-state index is 5.14. The van der Waals surface area contributed by atoms with Gasteiger partial charge < -0.3 is 9.14 Å². The van der Waals surface area contributed by atoms with Gasteiger partial charge in [0.2, 0.25) is 0 Å². The van der Waals surface area contributed by atoms with Gasteiger partial charge in [-0.15, -0.1) is 0 Å². The number of hydrogen-bond acceptors (Lipinski definition) is 2. The lowest BCUT2D eigenvalue weighted by Crippen LogP contribution is -2.05. The Hall–Kier alpha value is -0.870. The zero-order chi connectivity index (χ0) is 9.97. The summed E-state index contributed by atoms with van der Waals surface area (Å²) in [5, 5.41) is 0.0727. The molecule has 0 saturated carbocycles. The van der Waals surface area contributed by atoms with Crippen molar-refractivity contribution < 1.29 is 4.74 Å². The van der Waals surface area contributed by atoms with Gasteiger partial charge in [-0.3, -0.25) is 0 Å². The number of pyridine rings is 1. The van der Waals surface area contributed by atoms with E-state index in [9.17, 15) is 0 Å². The van der Waals surface area contributed by atoms with E-state index in [1.807, 2.05) is 16.7 Å². The van der Waals surface area contributed by atoms with Crippen LogP contribution >= 0.6 is 15.9 Å². The molecule has 1 unspecified atom stereocenters. The fraction of sp³-hybridized carbons (Fsp3) is 0.300. The SMILES string of the molecule is COC(Br)Cc1ccc2nccn2c1. The van der Waals surface area contributed by atoms with Crippen LogP contribution in [0.25, 0.3) is 5.65 Å². The second kappa shape index (κ2) is 4.11. The van der Waals surface area contributed by atoms with Gasteiger partial charge in [-0.2, -0.15) is 0 Å². The Morgan fingerprint density at radius 1 is 1.57 bits per heavy atom. The molecule has 2 rings (SSSR count). The molecule has 0 saturated heterocycles. The topological polar surface area (TPSA) is 26.5 Å². The predicted molar refractivity (Wildman–Crippen MR) is 58.6 cm³/mol. The van der Waals surface area contributed by atoms with Crippen LogP contribution in [0.1, 0.15) is 5.56 Å². The number of halogens is 1. The van der Waals surface area contributed by atoms with Crippen LogP contribution in [0.3, 0.4) is 0 Å². The highest BCUT2D eigenvalue weighted by Gasteiger charge is 2.03. The van der Waals surface area contributed by atoms with E-state index in [0.717, 1.165) is 12.1 Å². The van der Waals surface area contributed by atoms with Crippen molar-refractivity contribution in [1.82, 2.24) is 9.38 Å². The van der Waals surface area contributed by atoms with E-state index in [1.54, 1.807) is 13.3 Å². The fourth-order valence-electron chi connectivity index (χ4n) is 1.36. The first-order valence-corrected chi connectivity index (χ1v) is 5.29. The highest BCUT2D eigenvalue weighted by atomic mass is 79.9. The van der Waals surface area contributed by atoms with Gasteiger partial charge in [0.25, 0.3) is 0 Å². The number of alkyl halides is 1. The summed E-state index contributed by atoms with van der Waals surface area (Å²) in [6, 6.07) is 4.07. The van der Waals surface area contributed by atoms with E-state index in [0.29, 0.717) is 0 Å². The van der Waals surface area contributed by atoms with E-state index in [4.69, 9.17) is 4.74 Å². The lowest BCUT2D eigenvalue weighted by atomic mass is 10.2. The summed E-state index contributed by atoms with van der Waals surface area (Å²) in [6.07, 6.45) is 6.65. The fourth-order valence-corrected chi connectivity index (χ4v) is 1.73. The van der Waals surface area contributed by atoms with Crippen molar-refractivity contribution in [1.29, 1.82) is 0 Å². The molecule has 4 heteroatoms. The Bertz CT molecular complexity index is 427. The summed E-state index contributed by atoms with van der Waals surface area (Å²) in [6.45, 7) is 0. The first-order chi connectivity index (χ1) is 6.79. The number of hydrogen-bond donors (Lipinski definition) is 0. The van der Waals surface area contributed by atoms with Crippen molar-refractivity contribution in [2.24, 2.45) is 0 Å². The average molecular weight is 255 g/mol. The van der Waals surface area contributed by atoms with E-state index < -0.39 is 0 Å². The predicted octanol–water partition coefficient (Wildman–Crippen LogP) is 2.24. The van der Waals surface area contributed by atoms with Crippen molar-refractivity contribution >= 4 is 21.6 Å². The van der Waals surface area contributed by atoms with Crippen molar-refractivity contribution in [3.05, 3.63) is 36.3 Å². The molecule has 0 N–H and O–H groups in total. The van der Waals surface area contributed by atoms with Gasteiger partial charge >= 0.3 is 0 Å². The number of nitrogens with zero attached hydrogens (tertiary/aromatic N) is 2. The Morgan fingerprint density at radius 2 is 2.43 bits per heavy atom. The van der Waals surface area contributed by atoms with Crippen LogP contribution in [0.5, 0.6) is 0 Å². The maximum atomic E-state index is 5.14. The molecule has 1 atom stereocenters. The molecule has 2 heterocycles. The number of methoxy groups -OCH3 is 1. The van der Waals surface area contributed by atoms with Gasteiger partial charge in [-0.1, -0.05) is 22.0 Å². The molecule has 2 aromatic rings. The summed E-state index contributed by atoms with van der Waals surface area (Å²) in [5.41, 5.74) is 2.19. The van der Waals surface area contributed by atoms with Crippen molar-refractivity contribution in [2.45, 2.75) is 11.4 Å². The third-order valence-electron chi connectivity index (χ3n) is 2.10. The quantitative estimate of drug-likeness (QED) is 0.786. The van der Waals surface area contributed by atoms with E-state index in [-0.39, 0.29) is 5.01 Å². The number of fused-ring (bicyclic) bond motifs is 1. The zero-order valence-corrected chi connectivity index (χ0v) is 9.44. The van der Waals surface area contributed by atoms with Crippen LogP contribution in [0.4, 0.5) is 0 Å². The van der Waals surface area contributed by atoms with Crippen LogP contribution < -0.4 is 0 Å². The molecule has 0 aliphatic rings. The second-order valence-corrected chi connectivity index (χ2v) is 4.10. The van der Waals surface area contributed by atoms with Gasteiger partial charge in [0.15, 0.2) is 0 Å². The molecular formula is C10H11BrN2O. The van der Waals surface area contributed by atoms with Gasteiger partial charge in [-0.05, 0) is 11.6 Å². The minimum Gasteiger partial charge on any atom is -0.370 e. The molecule has 0 bridgehead atoms. The smallest absolute Gasteiger partial charge is 0.136 e. The molecule has 0 radical (unpaired) electrons. The normalized spacial score (nSPS) is 13.3. The van der Waals surface area contributed by atoms with Crippen LogP contribution in [-0.4, -0.2) is 21.5 Å². The van der Waals surface area contributed by atoms with E-state index >= 15 is 0 Å². The third-order valence-corrected chi connectivity index (χ3v) is 2.80. The molecule has 0 spiro atoms. The molecule has 74 valence electrons. The minimum absolute atomic E-state index is 0.0727. The Labute approximate surface area is 90.8 Å². The number of aromatic nitrogens is 2. The van der Waals surface area contributed by atoms with Gasteiger partial charge in [0.1, 0.15) is 10.7 Å². The number of rotatable bonds is 3. The summed E-state index contributed by atoms with van der Waals surface area (Å²) < 4.78 is 7.14. The maximum Gasteiger partial charge on any atom is 0.136 e. The molecule has 2 aromatic heterocycles. The number of ether oxygens (including phenoxy) is 1. The zero-order valence-electron chi connectivity index (χ0n) is 7.85. The van der Waals surface area contributed by atoms with Gasteiger partial charge in [0, 0.05) is 32.1 Å². The highest BCUT2D eigenvalue weighted by Crippen LogP contribution is 2.11. The molecule has 14 heavy (non-hydrogen) atoms. The van der Waals surface area contributed by atoms with Gasteiger partial charge in [-0.25, -0.2) is 4.98 Å². The lowest BCUT2D eigenvalue weighted by Gasteiger charge is -2.07. The van der Waals surface area contributed by atoms with Crippen LogP contribution in [0, 0.1) is 0 Å². The third kappa shape index (κ3) is 1.96. The molecule has 0 amide bonds. The molecule has 0 aromatic carbocycles. The van der Waals surface area contributed by atoms with E-state index in [1.165, 1.54) is 5.56 Å². The first kappa shape index (κ1) is 9.68. The minimum atomic E-state index is 0.0727. The Kier molecular flexibility index (Phi) is 2.84. The highest BCUT2D eigenvalue weighted by molar-refractivity contribution is 9.09. The number of imidazole rings is 1. The summed E-state index contributed by atoms with van der Waals surface area (Å²) >= 11 is 3.42. The van der Waals surface area contributed by atoms with Gasteiger partial charge in [0.05, 0.1) is 0 Å².